The number of ether oxygens (including phenoxy) is 3. The minimum atomic E-state index is -1.33. The Morgan fingerprint density at radius 3 is 2.20 bits per heavy atom. The lowest BCUT2D eigenvalue weighted by Crippen LogP contribution is -2.42. The summed E-state index contributed by atoms with van der Waals surface area (Å²) in [5.74, 6) is 1.09. The van der Waals surface area contributed by atoms with E-state index in [1.54, 1.807) is 0 Å². The first kappa shape index (κ1) is 29.7. The van der Waals surface area contributed by atoms with E-state index in [2.05, 4.69) is 63.8 Å². The van der Waals surface area contributed by atoms with Crippen molar-refractivity contribution in [3.63, 3.8) is 0 Å². The van der Waals surface area contributed by atoms with Crippen LogP contribution in [0.4, 0.5) is 4.79 Å². The number of fused-ring (bicyclic) bond motifs is 1. The maximum absolute atomic E-state index is 13.7. The van der Waals surface area contributed by atoms with Crippen molar-refractivity contribution in [2.45, 2.75) is 83.8 Å². The first-order valence-electron chi connectivity index (χ1n) is 14.5. The molecule has 2 aromatic rings. The van der Waals surface area contributed by atoms with Crippen LogP contribution in [0.5, 0.6) is 11.5 Å². The highest BCUT2D eigenvalue weighted by Gasteiger charge is 2.47. The SMILES string of the molecule is CCCCN(CCCC)C(=O)CN1C[C@H](c2ccc3c(c2)OCO3)[C@H](OC(=O)O)[C@H]1c1ccc(C(C)(C)C)cc1. The molecule has 0 spiro atoms. The Kier molecular flexibility index (Phi) is 9.61. The molecule has 3 atom stereocenters. The van der Waals surface area contributed by atoms with Crippen LogP contribution in [0.2, 0.25) is 0 Å². The van der Waals surface area contributed by atoms with Gasteiger partial charge in [0, 0.05) is 25.6 Å². The molecule has 1 amide bonds. The number of rotatable bonds is 11. The highest BCUT2D eigenvalue weighted by atomic mass is 16.7. The third-order valence-corrected chi connectivity index (χ3v) is 7.97. The first-order valence-corrected chi connectivity index (χ1v) is 14.5. The van der Waals surface area contributed by atoms with Gasteiger partial charge in [-0.1, -0.05) is 77.8 Å². The average Bonchev–Trinajstić information content (AvgIpc) is 3.52. The summed E-state index contributed by atoms with van der Waals surface area (Å²) >= 11 is 0. The molecular formula is C32H44N2O6. The number of hydrogen-bond acceptors (Lipinski definition) is 6. The number of likely N-dealkylation sites (tertiary alicyclic amines) is 1. The summed E-state index contributed by atoms with van der Waals surface area (Å²) in [5.41, 5.74) is 3.00. The third-order valence-electron chi connectivity index (χ3n) is 7.97. The Hall–Kier alpha value is -3.26. The zero-order chi connectivity index (χ0) is 28.9. The predicted molar refractivity (Wildman–Crippen MR) is 154 cm³/mol. The lowest BCUT2D eigenvalue weighted by Gasteiger charge is -2.31. The fraction of sp³-hybridized carbons (Fsp3) is 0.562. The van der Waals surface area contributed by atoms with Crippen molar-refractivity contribution in [2.24, 2.45) is 0 Å². The minimum Gasteiger partial charge on any atom is -0.454 e. The van der Waals surface area contributed by atoms with Crippen molar-refractivity contribution in [2.75, 3.05) is 33.0 Å². The molecule has 1 saturated heterocycles. The standard InChI is InChI=1S/C32H44N2O6/c1-6-8-16-33(17-9-7-2)28(35)20-34-19-25(23-12-15-26-27(18-23)39-21-38-26)30(40-31(36)37)29(34)22-10-13-24(14-11-22)32(3,4)5/h10-15,18,25,29-30H,6-9,16-17,19-21H2,1-5H3,(H,36,37)/t25-,29-,30+/m1/s1. The summed E-state index contributed by atoms with van der Waals surface area (Å²) in [6, 6.07) is 13.6. The van der Waals surface area contributed by atoms with Crippen LogP contribution in [0.15, 0.2) is 42.5 Å². The number of carbonyl (C=O) groups excluding carboxylic acids is 1. The topological polar surface area (TPSA) is 88.5 Å². The molecule has 0 aromatic heterocycles. The average molecular weight is 553 g/mol. The summed E-state index contributed by atoms with van der Waals surface area (Å²) in [5, 5.41) is 9.80. The first-order chi connectivity index (χ1) is 19.1. The molecular weight excluding hydrogens is 508 g/mol. The molecule has 0 unspecified atom stereocenters. The molecule has 2 aromatic carbocycles. The minimum absolute atomic E-state index is 0.0189. The fourth-order valence-electron chi connectivity index (χ4n) is 5.68. The number of nitrogens with zero attached hydrogens (tertiary/aromatic N) is 2. The van der Waals surface area contributed by atoms with Gasteiger partial charge >= 0.3 is 6.16 Å². The van der Waals surface area contributed by atoms with Gasteiger partial charge < -0.3 is 24.2 Å². The molecule has 40 heavy (non-hydrogen) atoms. The number of unbranched alkanes of at least 4 members (excludes halogenated alkanes) is 2. The van der Waals surface area contributed by atoms with Gasteiger partial charge in [-0.2, -0.15) is 0 Å². The molecule has 2 aliphatic heterocycles. The van der Waals surface area contributed by atoms with E-state index in [9.17, 15) is 14.7 Å². The predicted octanol–water partition coefficient (Wildman–Crippen LogP) is 6.35. The van der Waals surface area contributed by atoms with E-state index >= 15 is 0 Å². The second kappa shape index (κ2) is 12.9. The van der Waals surface area contributed by atoms with Gasteiger partial charge in [-0.3, -0.25) is 9.69 Å². The van der Waals surface area contributed by atoms with E-state index in [4.69, 9.17) is 14.2 Å². The molecule has 1 fully saturated rings. The molecule has 0 saturated carbocycles. The maximum Gasteiger partial charge on any atom is 0.506 e. The normalized spacial score (nSPS) is 20.5. The Balaban J connectivity index is 1.70. The van der Waals surface area contributed by atoms with E-state index in [-0.39, 0.29) is 30.6 Å². The van der Waals surface area contributed by atoms with E-state index in [1.807, 2.05) is 23.1 Å². The zero-order valence-electron chi connectivity index (χ0n) is 24.5. The number of amides is 1. The summed E-state index contributed by atoms with van der Waals surface area (Å²) in [6.45, 7) is 13.0. The van der Waals surface area contributed by atoms with Gasteiger partial charge in [-0.25, -0.2) is 4.79 Å². The quantitative estimate of drug-likeness (QED) is 0.325. The van der Waals surface area contributed by atoms with E-state index in [0.29, 0.717) is 18.0 Å². The van der Waals surface area contributed by atoms with E-state index in [0.717, 1.165) is 49.9 Å². The van der Waals surface area contributed by atoms with Crippen LogP contribution < -0.4 is 9.47 Å². The lowest BCUT2D eigenvalue weighted by molar-refractivity contribution is -0.133. The number of carboxylic acid groups (broad SMARTS) is 1. The van der Waals surface area contributed by atoms with Gasteiger partial charge in [-0.05, 0) is 47.1 Å². The van der Waals surface area contributed by atoms with Crippen LogP contribution in [0.3, 0.4) is 0 Å². The summed E-state index contributed by atoms with van der Waals surface area (Å²) < 4.78 is 16.8. The zero-order valence-corrected chi connectivity index (χ0v) is 24.5. The van der Waals surface area contributed by atoms with E-state index < -0.39 is 18.3 Å². The van der Waals surface area contributed by atoms with Crippen molar-refractivity contribution in [3.8, 4) is 11.5 Å². The Bertz CT molecular complexity index is 1150. The highest BCUT2D eigenvalue weighted by Crippen LogP contribution is 2.45. The molecule has 218 valence electrons. The van der Waals surface area contributed by atoms with Gasteiger partial charge in [-0.15, -0.1) is 0 Å². The number of benzene rings is 2. The summed E-state index contributed by atoms with van der Waals surface area (Å²) in [7, 11) is 0. The molecule has 2 heterocycles. The number of carbonyl (C=O) groups is 2. The molecule has 4 rings (SSSR count). The summed E-state index contributed by atoms with van der Waals surface area (Å²) in [6.07, 6.45) is 1.92. The molecule has 8 heteroatoms. The maximum atomic E-state index is 13.7. The summed E-state index contributed by atoms with van der Waals surface area (Å²) in [4.78, 5) is 29.7. The van der Waals surface area contributed by atoms with Crippen LogP contribution >= 0.6 is 0 Å². The van der Waals surface area contributed by atoms with Crippen LogP contribution in [0, 0.1) is 0 Å². The van der Waals surface area contributed by atoms with Crippen LogP contribution in [0.1, 0.15) is 89.0 Å². The second-order valence-corrected chi connectivity index (χ2v) is 11.9. The van der Waals surface area contributed by atoms with Gasteiger partial charge in [0.1, 0.15) is 6.10 Å². The van der Waals surface area contributed by atoms with Crippen molar-refractivity contribution in [1.29, 1.82) is 0 Å². The van der Waals surface area contributed by atoms with Crippen LogP contribution in [-0.4, -0.2) is 66.0 Å². The molecule has 0 radical (unpaired) electrons. The largest absolute Gasteiger partial charge is 0.506 e. The van der Waals surface area contributed by atoms with Crippen molar-refractivity contribution < 1.29 is 28.9 Å². The van der Waals surface area contributed by atoms with Gasteiger partial charge in [0.15, 0.2) is 11.5 Å². The lowest BCUT2D eigenvalue weighted by atomic mass is 9.85. The van der Waals surface area contributed by atoms with Crippen molar-refractivity contribution >= 4 is 12.1 Å². The molecule has 2 aliphatic rings. The van der Waals surface area contributed by atoms with Crippen molar-refractivity contribution in [3.05, 3.63) is 59.2 Å². The Labute approximate surface area is 238 Å². The monoisotopic (exact) mass is 552 g/mol. The molecule has 0 aliphatic carbocycles. The molecule has 0 bridgehead atoms. The molecule has 8 nitrogen and oxygen atoms in total. The fourth-order valence-corrected chi connectivity index (χ4v) is 5.68. The van der Waals surface area contributed by atoms with Gasteiger partial charge in [0.25, 0.3) is 0 Å². The van der Waals surface area contributed by atoms with Gasteiger partial charge in [0.2, 0.25) is 12.7 Å². The van der Waals surface area contributed by atoms with Crippen LogP contribution in [0.25, 0.3) is 0 Å². The van der Waals surface area contributed by atoms with Crippen LogP contribution in [-0.2, 0) is 14.9 Å². The Morgan fingerprint density at radius 2 is 1.60 bits per heavy atom. The van der Waals surface area contributed by atoms with Crippen molar-refractivity contribution in [1.82, 2.24) is 9.80 Å². The smallest absolute Gasteiger partial charge is 0.454 e. The highest BCUT2D eigenvalue weighted by molar-refractivity contribution is 5.78. The Morgan fingerprint density at radius 1 is 0.975 bits per heavy atom. The van der Waals surface area contributed by atoms with Gasteiger partial charge in [0.05, 0.1) is 12.6 Å². The molecule has 1 N–H and O–H groups in total. The second-order valence-electron chi connectivity index (χ2n) is 11.9. The third kappa shape index (κ3) is 6.89. The number of hydrogen-bond donors (Lipinski definition) is 1. The van der Waals surface area contributed by atoms with E-state index in [1.165, 1.54) is 5.56 Å².